The van der Waals surface area contributed by atoms with Gasteiger partial charge in [0.05, 0.1) is 29.8 Å². The molecule has 1 aromatic heterocycles. The monoisotopic (exact) mass is 540 g/mol. The number of aliphatic hydroxyl groups excluding tert-OH is 1. The summed E-state index contributed by atoms with van der Waals surface area (Å²) >= 11 is 11.7. The Morgan fingerprint density at radius 1 is 1.22 bits per heavy atom. The van der Waals surface area contributed by atoms with Crippen molar-refractivity contribution in [2.45, 2.75) is 18.6 Å². The molecule has 1 aromatic carbocycles. The zero-order chi connectivity index (χ0) is 26.4. The normalized spacial score (nSPS) is 15.8. The number of aliphatic imine (C=N–C) groups is 1. The number of β-amino-alcohol motifs (C(OH)–C–C–N with tert-alkyl or cyclic N) is 1. The van der Waals surface area contributed by atoms with Gasteiger partial charge in [-0.25, -0.2) is 4.79 Å². The molecule has 2 amide bonds. The van der Waals surface area contributed by atoms with Crippen LogP contribution in [0.1, 0.15) is 15.9 Å². The van der Waals surface area contributed by atoms with Crippen molar-refractivity contribution < 1.29 is 29.7 Å². The second-order valence-electron chi connectivity index (χ2n) is 7.72. The van der Waals surface area contributed by atoms with E-state index in [1.54, 1.807) is 0 Å². The molecule has 0 saturated carbocycles. The molecule has 0 spiro atoms. The zero-order valence-electron chi connectivity index (χ0n) is 18.5. The first-order valence-corrected chi connectivity index (χ1v) is 11.2. The summed E-state index contributed by atoms with van der Waals surface area (Å²) in [5, 5.41) is 39.2. The summed E-state index contributed by atoms with van der Waals surface area (Å²) in [6.07, 6.45) is 0.184. The van der Waals surface area contributed by atoms with Crippen LogP contribution in [-0.4, -0.2) is 75.8 Å². The second kappa shape index (κ2) is 11.7. The van der Waals surface area contributed by atoms with Crippen LogP contribution in [0.5, 0.6) is 5.75 Å². The Balaban J connectivity index is 1.60. The van der Waals surface area contributed by atoms with E-state index in [0.717, 1.165) is 6.20 Å². The number of aromatic nitrogens is 1. The number of carboxylic acids is 1. The Bertz CT molecular complexity index is 1270. The zero-order valence-corrected chi connectivity index (χ0v) is 20.0. The topological polar surface area (TPSA) is 205 Å². The molecule has 2 atom stereocenters. The van der Waals surface area contributed by atoms with Gasteiger partial charge in [-0.15, -0.1) is 0 Å². The van der Waals surface area contributed by atoms with Crippen LogP contribution in [-0.2, 0) is 16.0 Å². The Morgan fingerprint density at radius 2 is 1.97 bits per heavy atom. The smallest absolute Gasteiger partial charge is 0.326 e. The quantitative estimate of drug-likeness (QED) is 0.220. The van der Waals surface area contributed by atoms with E-state index in [2.05, 4.69) is 31.2 Å². The highest BCUT2D eigenvalue weighted by atomic mass is 35.5. The first-order valence-electron chi connectivity index (χ1n) is 10.5. The van der Waals surface area contributed by atoms with Gasteiger partial charge in [0, 0.05) is 24.2 Å². The predicted molar refractivity (Wildman–Crippen MR) is 131 cm³/mol. The van der Waals surface area contributed by atoms with Crippen molar-refractivity contribution in [2.24, 2.45) is 4.99 Å². The van der Waals surface area contributed by atoms with Gasteiger partial charge in [0.25, 0.3) is 11.5 Å². The number of benzene rings is 1. The molecule has 1 aliphatic rings. The van der Waals surface area contributed by atoms with E-state index in [9.17, 15) is 34.5 Å². The van der Waals surface area contributed by atoms with Gasteiger partial charge in [-0.05, 0) is 23.8 Å². The maximum Gasteiger partial charge on any atom is 0.326 e. The van der Waals surface area contributed by atoms with Crippen LogP contribution in [0, 0.1) is 0 Å². The third-order valence-corrected chi connectivity index (χ3v) is 5.46. The standard InChI is InChI=1S/C21H22Cl2N6O7/c22-11-1-9(17(32)13(23)4-11)2-15(20(35)36)28-16(31)8-25-18(33)10-3-14(19(34)24-5-10)29-21-26-6-12(30)7-27-21/h1,3-5,12,15,30,32H,2,6-8H2,(H,24,34)(H,25,33)(H,28,31)(H,35,36)(H2,26,27,29). The van der Waals surface area contributed by atoms with Crippen molar-refractivity contribution in [3.63, 3.8) is 0 Å². The van der Waals surface area contributed by atoms with E-state index in [1.165, 1.54) is 18.2 Å². The van der Waals surface area contributed by atoms with E-state index in [4.69, 9.17) is 23.2 Å². The average molecular weight is 541 g/mol. The van der Waals surface area contributed by atoms with Gasteiger partial charge in [0.2, 0.25) is 5.91 Å². The molecule has 0 saturated heterocycles. The summed E-state index contributed by atoms with van der Waals surface area (Å²) < 4.78 is 0. The average Bonchev–Trinajstić information content (AvgIpc) is 2.82. The van der Waals surface area contributed by atoms with Crippen LogP contribution >= 0.6 is 23.2 Å². The fourth-order valence-electron chi connectivity index (χ4n) is 3.15. The molecule has 0 aliphatic carbocycles. The third-order valence-electron chi connectivity index (χ3n) is 4.96. The van der Waals surface area contributed by atoms with Gasteiger partial charge >= 0.3 is 5.97 Å². The molecule has 0 bridgehead atoms. The summed E-state index contributed by atoms with van der Waals surface area (Å²) in [5.41, 5.74) is -0.409. The van der Waals surface area contributed by atoms with Gasteiger partial charge in [0.15, 0.2) is 5.96 Å². The van der Waals surface area contributed by atoms with Crippen LogP contribution < -0.4 is 26.8 Å². The Hall–Kier alpha value is -3.81. The molecule has 0 fully saturated rings. The maximum absolute atomic E-state index is 12.5. The molecule has 0 radical (unpaired) electrons. The maximum atomic E-state index is 12.5. The summed E-state index contributed by atoms with van der Waals surface area (Å²) in [7, 11) is 0. The highest BCUT2D eigenvalue weighted by Crippen LogP contribution is 2.31. The molecule has 2 heterocycles. The highest BCUT2D eigenvalue weighted by Gasteiger charge is 2.23. The lowest BCUT2D eigenvalue weighted by atomic mass is 10.0. The van der Waals surface area contributed by atoms with E-state index in [0.29, 0.717) is 0 Å². The number of hydrogen-bond donors (Lipinski definition) is 8. The van der Waals surface area contributed by atoms with Gasteiger partial charge in [-0.1, -0.05) is 23.2 Å². The number of halogens is 2. The van der Waals surface area contributed by atoms with Crippen molar-refractivity contribution in [1.82, 2.24) is 20.9 Å². The number of aliphatic hydroxyl groups is 1. The fourth-order valence-corrected chi connectivity index (χ4v) is 3.69. The van der Waals surface area contributed by atoms with Gasteiger partial charge in [-0.3, -0.25) is 19.4 Å². The number of amides is 2. The summed E-state index contributed by atoms with van der Waals surface area (Å²) in [6, 6.07) is 2.41. The molecular formula is C21H22Cl2N6O7. The summed E-state index contributed by atoms with van der Waals surface area (Å²) in [4.78, 5) is 54.9. The molecule has 2 unspecified atom stereocenters. The number of rotatable bonds is 8. The SMILES string of the molecule is O=C(CNC(=O)c1c[nH]c(=O)c(NC2=NCC(O)CN2)c1)NC(Cc1cc(Cl)cc(Cl)c1O)C(=O)O. The number of phenols is 1. The number of aromatic amines is 1. The molecule has 192 valence electrons. The predicted octanol–water partition coefficient (Wildman–Crippen LogP) is -0.339. The number of phenolic OH excluding ortho intramolecular Hbond substituents is 1. The number of aliphatic carboxylic acids is 1. The number of pyridine rings is 1. The number of carbonyl (C=O) groups is 3. The Kier molecular flexibility index (Phi) is 8.74. The number of guanidine groups is 1. The highest BCUT2D eigenvalue weighted by molar-refractivity contribution is 6.35. The molecule has 36 heavy (non-hydrogen) atoms. The van der Waals surface area contributed by atoms with Crippen molar-refractivity contribution >= 4 is 52.6 Å². The largest absolute Gasteiger partial charge is 0.506 e. The number of hydrogen-bond acceptors (Lipinski definition) is 9. The van der Waals surface area contributed by atoms with Gasteiger partial charge < -0.3 is 41.6 Å². The van der Waals surface area contributed by atoms with Crippen LogP contribution in [0.4, 0.5) is 5.69 Å². The first kappa shape index (κ1) is 26.8. The van der Waals surface area contributed by atoms with Crippen LogP contribution in [0.15, 0.2) is 34.2 Å². The van der Waals surface area contributed by atoms with Crippen molar-refractivity contribution in [2.75, 3.05) is 25.0 Å². The number of carbonyl (C=O) groups excluding carboxylic acids is 2. The van der Waals surface area contributed by atoms with E-state index < -0.39 is 42.0 Å². The minimum Gasteiger partial charge on any atom is -0.506 e. The molecule has 8 N–H and O–H groups in total. The minimum atomic E-state index is -1.44. The molecule has 15 heteroatoms. The third kappa shape index (κ3) is 7.10. The fraction of sp³-hybridized carbons (Fsp3) is 0.286. The minimum absolute atomic E-state index is 0.000623. The number of aromatic hydroxyl groups is 1. The summed E-state index contributed by atoms with van der Waals surface area (Å²) in [6.45, 7) is -0.191. The van der Waals surface area contributed by atoms with Crippen molar-refractivity contribution in [1.29, 1.82) is 0 Å². The lowest BCUT2D eigenvalue weighted by molar-refractivity contribution is -0.141. The van der Waals surface area contributed by atoms with Crippen molar-refractivity contribution in [3.05, 3.63) is 55.9 Å². The van der Waals surface area contributed by atoms with E-state index in [1.807, 2.05) is 0 Å². The van der Waals surface area contributed by atoms with E-state index >= 15 is 0 Å². The molecule has 1 aliphatic heterocycles. The number of nitrogens with one attached hydrogen (secondary N) is 5. The lowest BCUT2D eigenvalue weighted by Gasteiger charge is -2.19. The molecular weight excluding hydrogens is 519 g/mol. The summed E-state index contributed by atoms with van der Waals surface area (Å²) in [5.74, 6) is -3.03. The van der Waals surface area contributed by atoms with Crippen molar-refractivity contribution in [3.8, 4) is 5.75 Å². The van der Waals surface area contributed by atoms with Crippen LogP contribution in [0.25, 0.3) is 0 Å². The van der Waals surface area contributed by atoms with Crippen LogP contribution in [0.2, 0.25) is 10.0 Å². The number of nitrogens with zero attached hydrogens (tertiary/aromatic N) is 1. The first-order chi connectivity index (χ1) is 17.0. The molecule has 2 aromatic rings. The number of H-pyrrole nitrogens is 1. The molecule has 13 nitrogen and oxygen atoms in total. The number of anilines is 1. The van der Waals surface area contributed by atoms with Gasteiger partial charge in [0.1, 0.15) is 17.5 Å². The van der Waals surface area contributed by atoms with E-state index in [-0.39, 0.29) is 58.1 Å². The Labute approximate surface area is 213 Å². The molecule has 3 rings (SSSR count). The van der Waals surface area contributed by atoms with Gasteiger partial charge in [-0.2, -0.15) is 0 Å². The number of carboxylic acid groups (broad SMARTS) is 1. The lowest BCUT2D eigenvalue weighted by Crippen LogP contribution is -2.46. The second-order valence-corrected chi connectivity index (χ2v) is 8.56. The Morgan fingerprint density at radius 3 is 2.64 bits per heavy atom. The van der Waals surface area contributed by atoms with Crippen LogP contribution in [0.3, 0.4) is 0 Å².